The number of ether oxygens (including phenoxy) is 1. The van der Waals surface area contributed by atoms with Crippen molar-refractivity contribution in [2.45, 2.75) is 25.8 Å². The summed E-state index contributed by atoms with van der Waals surface area (Å²) in [5.74, 6) is 1.50. The molecule has 6 heteroatoms. The van der Waals surface area contributed by atoms with Crippen LogP contribution in [0, 0.1) is 5.92 Å². The summed E-state index contributed by atoms with van der Waals surface area (Å²) in [6.45, 7) is 0.754. The molecule has 1 aliphatic heterocycles. The van der Waals surface area contributed by atoms with E-state index in [-0.39, 0.29) is 11.9 Å². The zero-order valence-electron chi connectivity index (χ0n) is 11.3. The normalized spacial score (nSPS) is 17.6. The van der Waals surface area contributed by atoms with E-state index in [1.165, 1.54) is 7.11 Å². The third kappa shape index (κ3) is 2.41. The number of fused-ring (bicyclic) bond motifs is 1. The first kappa shape index (κ1) is 12.8. The number of nitrogens with zero attached hydrogens (tertiary/aromatic N) is 4. The quantitative estimate of drug-likeness (QED) is 0.780. The van der Waals surface area contributed by atoms with E-state index in [2.05, 4.69) is 19.7 Å². The first-order valence-electron chi connectivity index (χ1n) is 6.66. The maximum Gasteiger partial charge on any atom is 0.309 e. The first-order valence-corrected chi connectivity index (χ1v) is 6.66. The number of carbonyl (C=O) groups is 1. The Morgan fingerprint density at radius 3 is 3.10 bits per heavy atom. The van der Waals surface area contributed by atoms with Gasteiger partial charge in [0.1, 0.15) is 11.6 Å². The average Bonchev–Trinajstić information content (AvgIpc) is 2.90. The summed E-state index contributed by atoms with van der Waals surface area (Å²) in [7, 11) is 1.42. The van der Waals surface area contributed by atoms with Crippen molar-refractivity contribution in [1.29, 1.82) is 0 Å². The molecule has 0 bridgehead atoms. The highest BCUT2D eigenvalue weighted by Gasteiger charge is 2.28. The summed E-state index contributed by atoms with van der Waals surface area (Å²) in [5.41, 5.74) is 0.970. The van der Waals surface area contributed by atoms with E-state index in [0.717, 1.165) is 30.3 Å². The summed E-state index contributed by atoms with van der Waals surface area (Å²) < 4.78 is 6.89. The van der Waals surface area contributed by atoms with E-state index in [9.17, 15) is 4.79 Å². The van der Waals surface area contributed by atoms with Gasteiger partial charge in [0.25, 0.3) is 0 Å². The fraction of sp³-hybridized carbons (Fsp3) is 0.429. The van der Waals surface area contributed by atoms with Crippen molar-refractivity contribution in [2.75, 3.05) is 7.11 Å². The van der Waals surface area contributed by atoms with Crippen molar-refractivity contribution in [2.24, 2.45) is 5.92 Å². The van der Waals surface area contributed by atoms with E-state index in [0.29, 0.717) is 12.8 Å². The molecular formula is C14H16N4O2. The molecule has 104 valence electrons. The minimum Gasteiger partial charge on any atom is -0.469 e. The second kappa shape index (κ2) is 5.40. The van der Waals surface area contributed by atoms with Gasteiger partial charge in [-0.15, -0.1) is 10.2 Å². The van der Waals surface area contributed by atoms with Crippen LogP contribution in [0.15, 0.2) is 24.4 Å². The number of hydrogen-bond donors (Lipinski definition) is 0. The minimum absolute atomic E-state index is 0.0978. The molecule has 2 aromatic rings. The Balaban J connectivity index is 1.78. The fourth-order valence-electron chi connectivity index (χ4n) is 2.55. The Labute approximate surface area is 116 Å². The van der Waals surface area contributed by atoms with Crippen LogP contribution in [-0.2, 0) is 28.9 Å². The van der Waals surface area contributed by atoms with Gasteiger partial charge < -0.3 is 9.30 Å². The van der Waals surface area contributed by atoms with Crippen LogP contribution < -0.4 is 0 Å². The van der Waals surface area contributed by atoms with Crippen molar-refractivity contribution in [3.8, 4) is 0 Å². The highest BCUT2D eigenvalue weighted by atomic mass is 16.5. The molecule has 0 radical (unpaired) electrons. The van der Waals surface area contributed by atoms with E-state index < -0.39 is 0 Å². The van der Waals surface area contributed by atoms with Crippen LogP contribution in [0.4, 0.5) is 0 Å². The highest BCUT2D eigenvalue weighted by Crippen LogP contribution is 2.22. The standard InChI is InChI=1S/C14H16N4O2/c1-20-14(19)10-5-7-18-12(8-10)16-17-13(18)9-11-4-2-3-6-15-11/h2-4,6,10H,5,7-9H2,1H3. The molecule has 0 aromatic carbocycles. The second-order valence-corrected chi connectivity index (χ2v) is 4.89. The molecule has 0 spiro atoms. The van der Waals surface area contributed by atoms with Crippen LogP contribution in [0.25, 0.3) is 0 Å². The van der Waals surface area contributed by atoms with Gasteiger partial charge in [-0.25, -0.2) is 0 Å². The Hall–Kier alpha value is -2.24. The van der Waals surface area contributed by atoms with Gasteiger partial charge in [-0.1, -0.05) is 6.07 Å². The van der Waals surface area contributed by atoms with E-state index in [1.807, 2.05) is 18.2 Å². The summed E-state index contributed by atoms with van der Waals surface area (Å²) in [4.78, 5) is 15.9. The lowest BCUT2D eigenvalue weighted by atomic mass is 9.98. The summed E-state index contributed by atoms with van der Waals surface area (Å²) >= 11 is 0. The van der Waals surface area contributed by atoms with E-state index in [1.54, 1.807) is 6.20 Å². The molecule has 0 amide bonds. The molecule has 3 rings (SSSR count). The van der Waals surface area contributed by atoms with Crippen molar-refractivity contribution in [1.82, 2.24) is 19.7 Å². The molecule has 0 aliphatic carbocycles. The molecule has 20 heavy (non-hydrogen) atoms. The summed E-state index contributed by atoms with van der Waals surface area (Å²) in [5, 5.41) is 8.43. The van der Waals surface area contributed by atoms with Gasteiger partial charge in [0.2, 0.25) is 0 Å². The molecule has 0 fully saturated rings. The molecule has 1 aliphatic rings. The average molecular weight is 272 g/mol. The lowest BCUT2D eigenvalue weighted by Gasteiger charge is -2.21. The number of esters is 1. The second-order valence-electron chi connectivity index (χ2n) is 4.89. The monoisotopic (exact) mass is 272 g/mol. The molecular weight excluding hydrogens is 256 g/mol. The fourth-order valence-corrected chi connectivity index (χ4v) is 2.55. The van der Waals surface area contributed by atoms with E-state index in [4.69, 9.17) is 4.74 Å². The zero-order chi connectivity index (χ0) is 13.9. The van der Waals surface area contributed by atoms with Crippen molar-refractivity contribution >= 4 is 5.97 Å². The molecule has 0 saturated carbocycles. The Bertz CT molecular complexity index is 609. The Morgan fingerprint density at radius 2 is 2.35 bits per heavy atom. The third-order valence-corrected chi connectivity index (χ3v) is 3.63. The summed E-state index contributed by atoms with van der Waals surface area (Å²) in [6.07, 6.45) is 3.81. The topological polar surface area (TPSA) is 69.9 Å². The third-order valence-electron chi connectivity index (χ3n) is 3.63. The first-order chi connectivity index (χ1) is 9.78. The number of carbonyl (C=O) groups excluding carboxylic acids is 1. The van der Waals surface area contributed by atoms with Crippen molar-refractivity contribution < 1.29 is 9.53 Å². The predicted molar refractivity (Wildman–Crippen MR) is 70.9 cm³/mol. The summed E-state index contributed by atoms with van der Waals surface area (Å²) in [6, 6.07) is 5.83. The van der Waals surface area contributed by atoms with Gasteiger partial charge >= 0.3 is 5.97 Å². The van der Waals surface area contributed by atoms with Crippen LogP contribution in [0.3, 0.4) is 0 Å². The van der Waals surface area contributed by atoms with Gasteiger partial charge in [0.15, 0.2) is 0 Å². The van der Waals surface area contributed by atoms with Gasteiger partial charge in [0.05, 0.1) is 19.4 Å². The number of aromatic nitrogens is 4. The highest BCUT2D eigenvalue weighted by molar-refractivity contribution is 5.72. The van der Waals surface area contributed by atoms with Crippen LogP contribution in [-0.4, -0.2) is 32.8 Å². The van der Waals surface area contributed by atoms with Crippen LogP contribution in [0.5, 0.6) is 0 Å². The van der Waals surface area contributed by atoms with Gasteiger partial charge in [-0.05, 0) is 18.6 Å². The lowest BCUT2D eigenvalue weighted by molar-refractivity contribution is -0.146. The van der Waals surface area contributed by atoms with Gasteiger partial charge in [0, 0.05) is 24.9 Å². The SMILES string of the molecule is COC(=O)C1CCn2c(Cc3ccccn3)nnc2C1. The zero-order valence-corrected chi connectivity index (χ0v) is 11.3. The number of pyridine rings is 1. The Morgan fingerprint density at radius 1 is 1.45 bits per heavy atom. The van der Waals surface area contributed by atoms with E-state index >= 15 is 0 Å². The minimum atomic E-state index is -0.162. The van der Waals surface area contributed by atoms with Gasteiger partial charge in [-0.2, -0.15) is 0 Å². The number of hydrogen-bond acceptors (Lipinski definition) is 5. The van der Waals surface area contributed by atoms with Crippen LogP contribution in [0.2, 0.25) is 0 Å². The molecule has 0 N–H and O–H groups in total. The largest absolute Gasteiger partial charge is 0.469 e. The molecule has 3 heterocycles. The number of methoxy groups -OCH3 is 1. The molecule has 1 atom stereocenters. The van der Waals surface area contributed by atoms with Crippen molar-refractivity contribution in [3.63, 3.8) is 0 Å². The van der Waals surface area contributed by atoms with Crippen LogP contribution in [0.1, 0.15) is 23.8 Å². The molecule has 6 nitrogen and oxygen atoms in total. The molecule has 2 aromatic heterocycles. The molecule has 1 unspecified atom stereocenters. The lowest BCUT2D eigenvalue weighted by Crippen LogP contribution is -2.27. The predicted octanol–water partition coefficient (Wildman–Crippen LogP) is 0.999. The van der Waals surface area contributed by atoms with Gasteiger partial charge in [-0.3, -0.25) is 9.78 Å². The molecule has 0 saturated heterocycles. The number of rotatable bonds is 3. The maximum atomic E-state index is 11.6. The van der Waals surface area contributed by atoms with Crippen molar-refractivity contribution in [3.05, 3.63) is 41.7 Å². The van der Waals surface area contributed by atoms with Crippen LogP contribution >= 0.6 is 0 Å². The smallest absolute Gasteiger partial charge is 0.309 e. The Kier molecular flexibility index (Phi) is 3.45. The maximum absolute atomic E-state index is 11.6.